The number of carboxylic acid groups (broad SMARTS) is 1. The van der Waals surface area contributed by atoms with Crippen molar-refractivity contribution < 1.29 is 19.5 Å². The molecule has 2 rings (SSSR count). The average Bonchev–Trinajstić information content (AvgIpc) is 2.69. The van der Waals surface area contributed by atoms with Crippen molar-refractivity contribution >= 4 is 17.8 Å². The van der Waals surface area contributed by atoms with E-state index in [0.717, 1.165) is 4.90 Å². The monoisotopic (exact) mass is 276 g/mol. The third-order valence-corrected chi connectivity index (χ3v) is 4.04. The Morgan fingerprint density at radius 3 is 2.35 bits per heavy atom. The predicted molar refractivity (Wildman–Crippen MR) is 70.3 cm³/mol. The number of imide groups is 1. The first kappa shape index (κ1) is 14.2. The third kappa shape index (κ3) is 1.97. The molecule has 1 aromatic rings. The first-order chi connectivity index (χ1) is 9.46. The maximum atomic E-state index is 12.2. The van der Waals surface area contributed by atoms with E-state index in [4.69, 9.17) is 0 Å². The average molecular weight is 276 g/mol. The van der Waals surface area contributed by atoms with Crippen molar-refractivity contribution in [2.75, 3.05) is 6.54 Å². The van der Waals surface area contributed by atoms with Crippen LogP contribution in [0.1, 0.15) is 47.4 Å². The van der Waals surface area contributed by atoms with E-state index in [0.29, 0.717) is 12.8 Å². The normalized spacial score (nSPS) is 14.6. The highest BCUT2D eigenvalue weighted by Crippen LogP contribution is 2.32. The lowest BCUT2D eigenvalue weighted by molar-refractivity contribution is -0.149. The molecule has 0 fully saturated rings. The number of carbonyl (C=O) groups excluding carboxylic acids is 2. The van der Waals surface area contributed by atoms with E-state index in [-0.39, 0.29) is 17.7 Å². The van der Waals surface area contributed by atoms with Gasteiger partial charge in [0.15, 0.2) is 0 Å². The zero-order valence-corrected chi connectivity index (χ0v) is 11.4. The Labute approximate surface area is 116 Å². The van der Waals surface area contributed by atoms with Gasteiger partial charge in [-0.2, -0.15) is 0 Å². The summed E-state index contributed by atoms with van der Waals surface area (Å²) < 4.78 is 0. The SMILES string of the molecule is CCC(CC)(CN1C(=O)c2ccncc2C1=O)C(=O)O. The number of nitrogens with zero attached hydrogens (tertiary/aromatic N) is 2. The van der Waals surface area contributed by atoms with E-state index >= 15 is 0 Å². The Hall–Kier alpha value is -2.24. The van der Waals surface area contributed by atoms with Crippen LogP contribution in [0, 0.1) is 5.41 Å². The summed E-state index contributed by atoms with van der Waals surface area (Å²) in [7, 11) is 0. The molecular formula is C14H16N2O4. The second-order valence-electron chi connectivity index (χ2n) is 4.91. The van der Waals surface area contributed by atoms with Gasteiger partial charge in [-0.3, -0.25) is 24.3 Å². The maximum absolute atomic E-state index is 12.2. The number of rotatable bonds is 5. The quantitative estimate of drug-likeness (QED) is 0.825. The number of carbonyl (C=O) groups is 3. The first-order valence-electron chi connectivity index (χ1n) is 6.50. The highest BCUT2D eigenvalue weighted by molar-refractivity contribution is 6.21. The zero-order chi connectivity index (χ0) is 14.9. The summed E-state index contributed by atoms with van der Waals surface area (Å²) in [5.41, 5.74) is -0.568. The summed E-state index contributed by atoms with van der Waals surface area (Å²) in [6, 6.07) is 1.48. The van der Waals surface area contributed by atoms with Crippen LogP contribution >= 0.6 is 0 Å². The number of carboxylic acids is 1. The molecule has 0 saturated heterocycles. The molecule has 106 valence electrons. The van der Waals surface area contributed by atoms with Gasteiger partial charge >= 0.3 is 5.97 Å². The van der Waals surface area contributed by atoms with Gasteiger partial charge in [0.05, 0.1) is 16.5 Å². The molecule has 2 amide bonds. The largest absolute Gasteiger partial charge is 0.481 e. The summed E-state index contributed by atoms with van der Waals surface area (Å²) in [4.78, 5) is 40.8. The van der Waals surface area contributed by atoms with Crippen molar-refractivity contribution in [3.63, 3.8) is 0 Å². The number of pyridine rings is 1. The minimum Gasteiger partial charge on any atom is -0.481 e. The molecule has 0 aromatic carbocycles. The smallest absolute Gasteiger partial charge is 0.311 e. The third-order valence-electron chi connectivity index (χ3n) is 4.04. The summed E-state index contributed by atoms with van der Waals surface area (Å²) in [6.07, 6.45) is 3.49. The van der Waals surface area contributed by atoms with Gasteiger partial charge in [-0.1, -0.05) is 13.8 Å². The van der Waals surface area contributed by atoms with Crippen LogP contribution in [0.15, 0.2) is 18.5 Å². The molecule has 0 bridgehead atoms. The fourth-order valence-corrected chi connectivity index (χ4v) is 2.42. The zero-order valence-electron chi connectivity index (χ0n) is 11.4. The van der Waals surface area contributed by atoms with Gasteiger partial charge in [-0.15, -0.1) is 0 Å². The van der Waals surface area contributed by atoms with E-state index in [9.17, 15) is 19.5 Å². The highest BCUT2D eigenvalue weighted by atomic mass is 16.4. The number of hydrogen-bond acceptors (Lipinski definition) is 4. The molecule has 0 atom stereocenters. The summed E-state index contributed by atoms with van der Waals surface area (Å²) in [5.74, 6) is -1.90. The minimum atomic E-state index is -1.10. The van der Waals surface area contributed by atoms with Crippen LogP contribution < -0.4 is 0 Å². The Bertz CT molecular complexity index is 543. The minimum absolute atomic E-state index is 0.109. The standard InChI is InChI=1S/C14H16N2O4/c1-3-14(4-2,13(19)20)8-16-11(17)9-5-6-15-7-10(9)12(16)18/h5-7H,3-4,8H2,1-2H3,(H,19,20). The molecule has 1 aliphatic heterocycles. The van der Waals surface area contributed by atoms with E-state index in [1.165, 1.54) is 18.5 Å². The summed E-state index contributed by atoms with van der Waals surface area (Å²) in [6.45, 7) is 3.39. The molecule has 0 aliphatic carbocycles. The number of amides is 2. The first-order valence-corrected chi connectivity index (χ1v) is 6.50. The number of hydrogen-bond donors (Lipinski definition) is 1. The predicted octanol–water partition coefficient (Wildman–Crippen LogP) is 1.57. The number of aromatic nitrogens is 1. The van der Waals surface area contributed by atoms with Crippen LogP contribution in [0.5, 0.6) is 0 Å². The van der Waals surface area contributed by atoms with Gasteiger partial charge in [0.1, 0.15) is 0 Å². The molecule has 6 nitrogen and oxygen atoms in total. The van der Waals surface area contributed by atoms with Crippen molar-refractivity contribution in [2.45, 2.75) is 26.7 Å². The van der Waals surface area contributed by atoms with Crippen molar-refractivity contribution in [2.24, 2.45) is 5.41 Å². The summed E-state index contributed by atoms with van der Waals surface area (Å²) in [5, 5.41) is 9.41. The Morgan fingerprint density at radius 1 is 1.25 bits per heavy atom. The Morgan fingerprint density at radius 2 is 1.85 bits per heavy atom. The van der Waals surface area contributed by atoms with Crippen molar-refractivity contribution in [3.05, 3.63) is 29.6 Å². The molecule has 2 heterocycles. The van der Waals surface area contributed by atoms with E-state index in [1.807, 2.05) is 0 Å². The molecule has 0 spiro atoms. The van der Waals surface area contributed by atoms with Crippen LogP contribution in [0.4, 0.5) is 0 Å². The van der Waals surface area contributed by atoms with Crippen molar-refractivity contribution in [1.82, 2.24) is 9.88 Å². The van der Waals surface area contributed by atoms with E-state index in [1.54, 1.807) is 13.8 Å². The lowest BCUT2D eigenvalue weighted by Crippen LogP contribution is -2.45. The van der Waals surface area contributed by atoms with Gasteiger partial charge in [0.2, 0.25) is 0 Å². The Kier molecular flexibility index (Phi) is 3.57. The van der Waals surface area contributed by atoms with Crippen LogP contribution in [-0.4, -0.2) is 39.3 Å². The van der Waals surface area contributed by atoms with Crippen LogP contribution in [0.3, 0.4) is 0 Å². The lowest BCUT2D eigenvalue weighted by Gasteiger charge is -2.30. The van der Waals surface area contributed by atoms with Gasteiger partial charge in [0, 0.05) is 18.9 Å². The van der Waals surface area contributed by atoms with E-state index in [2.05, 4.69) is 4.98 Å². The van der Waals surface area contributed by atoms with Crippen LogP contribution in [0.2, 0.25) is 0 Å². The van der Waals surface area contributed by atoms with Crippen LogP contribution in [-0.2, 0) is 4.79 Å². The molecule has 1 N–H and O–H groups in total. The van der Waals surface area contributed by atoms with E-state index < -0.39 is 23.2 Å². The van der Waals surface area contributed by atoms with Crippen molar-refractivity contribution in [3.8, 4) is 0 Å². The molecule has 1 aromatic heterocycles. The highest BCUT2D eigenvalue weighted by Gasteiger charge is 2.44. The molecule has 0 radical (unpaired) electrons. The second kappa shape index (κ2) is 5.03. The fourth-order valence-electron chi connectivity index (χ4n) is 2.42. The second-order valence-corrected chi connectivity index (χ2v) is 4.91. The van der Waals surface area contributed by atoms with Crippen molar-refractivity contribution in [1.29, 1.82) is 0 Å². The number of aliphatic carboxylic acids is 1. The van der Waals surface area contributed by atoms with Gasteiger partial charge in [-0.25, -0.2) is 0 Å². The molecule has 1 aliphatic rings. The number of fused-ring (bicyclic) bond motifs is 1. The summed E-state index contributed by atoms with van der Waals surface area (Å²) >= 11 is 0. The van der Waals surface area contributed by atoms with Gasteiger partial charge in [0.25, 0.3) is 11.8 Å². The topological polar surface area (TPSA) is 87.6 Å². The lowest BCUT2D eigenvalue weighted by atomic mass is 9.82. The maximum Gasteiger partial charge on any atom is 0.311 e. The fraction of sp³-hybridized carbons (Fsp3) is 0.429. The van der Waals surface area contributed by atoms with Crippen LogP contribution in [0.25, 0.3) is 0 Å². The molecule has 20 heavy (non-hydrogen) atoms. The van der Waals surface area contributed by atoms with Gasteiger partial charge in [-0.05, 0) is 18.9 Å². The molecular weight excluding hydrogens is 260 g/mol. The molecule has 0 unspecified atom stereocenters. The Balaban J connectivity index is 2.35. The molecule has 6 heteroatoms. The van der Waals surface area contributed by atoms with Gasteiger partial charge < -0.3 is 5.11 Å². The molecule has 0 saturated carbocycles.